The average molecular weight is 272 g/mol. The van der Waals surface area contributed by atoms with Gasteiger partial charge in [-0.15, -0.1) is 0 Å². The highest BCUT2D eigenvalue weighted by Crippen LogP contribution is 2.17. The van der Waals surface area contributed by atoms with Crippen molar-refractivity contribution < 1.29 is 9.18 Å². The van der Waals surface area contributed by atoms with E-state index in [1.807, 2.05) is 37.3 Å². The highest BCUT2D eigenvalue weighted by atomic mass is 19.1. The van der Waals surface area contributed by atoms with Gasteiger partial charge in [-0.25, -0.2) is 4.39 Å². The van der Waals surface area contributed by atoms with Crippen molar-refractivity contribution in [2.75, 3.05) is 12.3 Å². The Morgan fingerprint density at radius 2 is 1.90 bits per heavy atom. The van der Waals surface area contributed by atoms with Gasteiger partial charge in [-0.1, -0.05) is 43.3 Å². The van der Waals surface area contributed by atoms with E-state index in [9.17, 15) is 9.18 Å². The van der Waals surface area contributed by atoms with Crippen LogP contribution in [0.3, 0.4) is 0 Å². The molecule has 0 aliphatic carbocycles. The van der Waals surface area contributed by atoms with Gasteiger partial charge in [0.15, 0.2) is 0 Å². The molecule has 0 saturated heterocycles. The van der Waals surface area contributed by atoms with Crippen LogP contribution in [0.4, 0.5) is 10.1 Å². The lowest BCUT2D eigenvalue weighted by atomic mass is 10.0. The molecule has 1 amide bonds. The van der Waals surface area contributed by atoms with Crippen LogP contribution >= 0.6 is 0 Å². The topological polar surface area (TPSA) is 55.1 Å². The summed E-state index contributed by atoms with van der Waals surface area (Å²) >= 11 is 0. The van der Waals surface area contributed by atoms with Crippen LogP contribution in [-0.4, -0.2) is 12.5 Å². The van der Waals surface area contributed by atoms with Gasteiger partial charge in [-0.05, 0) is 23.6 Å². The summed E-state index contributed by atoms with van der Waals surface area (Å²) in [5.74, 6) is -0.756. The van der Waals surface area contributed by atoms with Gasteiger partial charge in [-0.2, -0.15) is 0 Å². The van der Waals surface area contributed by atoms with E-state index in [1.165, 1.54) is 18.2 Å². The van der Waals surface area contributed by atoms with Crippen molar-refractivity contribution in [1.82, 2.24) is 5.32 Å². The molecule has 20 heavy (non-hydrogen) atoms. The first kappa shape index (κ1) is 14.1. The van der Waals surface area contributed by atoms with Gasteiger partial charge in [0.2, 0.25) is 0 Å². The first-order chi connectivity index (χ1) is 9.59. The summed E-state index contributed by atoms with van der Waals surface area (Å²) in [6.45, 7) is 2.49. The van der Waals surface area contributed by atoms with Crippen molar-refractivity contribution in [3.05, 3.63) is 65.5 Å². The number of carbonyl (C=O) groups is 1. The second kappa shape index (κ2) is 6.19. The molecule has 0 aliphatic rings. The number of carbonyl (C=O) groups excluding carboxylic acids is 1. The van der Waals surface area contributed by atoms with E-state index in [1.54, 1.807) is 0 Å². The largest absolute Gasteiger partial charge is 0.396 e. The minimum absolute atomic E-state index is 0.114. The Morgan fingerprint density at radius 1 is 1.20 bits per heavy atom. The lowest BCUT2D eigenvalue weighted by Gasteiger charge is -2.14. The van der Waals surface area contributed by atoms with Gasteiger partial charge < -0.3 is 11.1 Å². The molecular formula is C16H17FN2O. The quantitative estimate of drug-likeness (QED) is 0.841. The van der Waals surface area contributed by atoms with Crippen molar-refractivity contribution in [3.63, 3.8) is 0 Å². The van der Waals surface area contributed by atoms with Crippen LogP contribution in [0.1, 0.15) is 28.8 Å². The zero-order chi connectivity index (χ0) is 14.5. The Labute approximate surface area is 117 Å². The number of anilines is 1. The molecule has 2 rings (SSSR count). The van der Waals surface area contributed by atoms with Crippen molar-refractivity contribution in [2.45, 2.75) is 12.8 Å². The predicted molar refractivity (Wildman–Crippen MR) is 78.0 cm³/mol. The molecule has 0 aliphatic heterocycles. The standard InChI is InChI=1S/C16H17FN2O/c1-11(12-6-3-2-4-7-12)10-19-16(20)13-8-5-9-14(17)15(13)18/h2-9,11H,10,18H2,1H3,(H,19,20). The van der Waals surface area contributed by atoms with Gasteiger partial charge >= 0.3 is 0 Å². The lowest BCUT2D eigenvalue weighted by Crippen LogP contribution is -2.28. The van der Waals surface area contributed by atoms with Crippen molar-refractivity contribution in [3.8, 4) is 0 Å². The second-order valence-corrected chi connectivity index (χ2v) is 4.72. The molecule has 0 radical (unpaired) electrons. The Morgan fingerprint density at radius 3 is 2.60 bits per heavy atom. The van der Waals surface area contributed by atoms with Crippen LogP contribution < -0.4 is 11.1 Å². The molecule has 4 heteroatoms. The Hall–Kier alpha value is -2.36. The minimum Gasteiger partial charge on any atom is -0.396 e. The Kier molecular flexibility index (Phi) is 4.35. The van der Waals surface area contributed by atoms with E-state index >= 15 is 0 Å². The fourth-order valence-electron chi connectivity index (χ4n) is 1.98. The van der Waals surface area contributed by atoms with E-state index < -0.39 is 5.82 Å². The monoisotopic (exact) mass is 272 g/mol. The molecule has 0 heterocycles. The molecular weight excluding hydrogens is 255 g/mol. The molecule has 3 N–H and O–H groups in total. The summed E-state index contributed by atoms with van der Waals surface area (Å²) in [6, 6.07) is 14.1. The first-order valence-corrected chi connectivity index (χ1v) is 6.46. The SMILES string of the molecule is CC(CNC(=O)c1cccc(F)c1N)c1ccccc1. The average Bonchev–Trinajstić information content (AvgIpc) is 2.48. The molecule has 0 aromatic heterocycles. The predicted octanol–water partition coefficient (Wildman–Crippen LogP) is 2.94. The number of halogens is 1. The van der Waals surface area contributed by atoms with E-state index in [4.69, 9.17) is 5.73 Å². The van der Waals surface area contributed by atoms with Crippen LogP contribution in [0, 0.1) is 5.82 Å². The maximum atomic E-state index is 13.3. The number of hydrogen-bond acceptors (Lipinski definition) is 2. The number of nitrogens with two attached hydrogens (primary N) is 1. The van der Waals surface area contributed by atoms with Crippen molar-refractivity contribution >= 4 is 11.6 Å². The summed E-state index contributed by atoms with van der Waals surface area (Å²) in [5, 5.41) is 2.78. The van der Waals surface area contributed by atoms with Gasteiger partial charge in [0.1, 0.15) is 5.82 Å². The highest BCUT2D eigenvalue weighted by Gasteiger charge is 2.13. The number of rotatable bonds is 4. The number of amides is 1. The van der Waals surface area contributed by atoms with E-state index in [0.29, 0.717) is 6.54 Å². The lowest BCUT2D eigenvalue weighted by molar-refractivity contribution is 0.0952. The number of para-hydroxylation sites is 1. The van der Waals surface area contributed by atoms with Crippen molar-refractivity contribution in [2.24, 2.45) is 0 Å². The smallest absolute Gasteiger partial charge is 0.253 e. The first-order valence-electron chi connectivity index (χ1n) is 6.46. The van der Waals surface area contributed by atoms with E-state index in [2.05, 4.69) is 5.32 Å². The number of benzene rings is 2. The Bertz CT molecular complexity index is 599. The van der Waals surface area contributed by atoms with E-state index in [0.717, 1.165) is 5.56 Å². The maximum Gasteiger partial charge on any atom is 0.253 e. The van der Waals surface area contributed by atoms with Gasteiger partial charge in [0, 0.05) is 6.54 Å². The van der Waals surface area contributed by atoms with Gasteiger partial charge in [0.25, 0.3) is 5.91 Å². The fraction of sp³-hybridized carbons (Fsp3) is 0.188. The molecule has 3 nitrogen and oxygen atoms in total. The third-order valence-electron chi connectivity index (χ3n) is 3.23. The normalized spacial score (nSPS) is 11.9. The van der Waals surface area contributed by atoms with Crippen LogP contribution in [0.2, 0.25) is 0 Å². The molecule has 2 aromatic carbocycles. The third kappa shape index (κ3) is 3.15. The minimum atomic E-state index is -0.575. The summed E-state index contributed by atoms with van der Waals surface area (Å²) in [6.07, 6.45) is 0. The van der Waals surface area contributed by atoms with Gasteiger partial charge in [0.05, 0.1) is 11.3 Å². The van der Waals surface area contributed by atoms with Crippen LogP contribution in [0.25, 0.3) is 0 Å². The molecule has 2 aromatic rings. The molecule has 0 spiro atoms. The maximum absolute atomic E-state index is 13.3. The highest BCUT2D eigenvalue weighted by molar-refractivity contribution is 5.99. The molecule has 1 unspecified atom stereocenters. The molecule has 104 valence electrons. The van der Waals surface area contributed by atoms with Crippen LogP contribution in [0.5, 0.6) is 0 Å². The van der Waals surface area contributed by atoms with Gasteiger partial charge in [-0.3, -0.25) is 4.79 Å². The number of hydrogen-bond donors (Lipinski definition) is 2. The van der Waals surface area contributed by atoms with Crippen LogP contribution in [-0.2, 0) is 0 Å². The zero-order valence-corrected chi connectivity index (χ0v) is 11.3. The molecule has 0 fully saturated rings. The van der Waals surface area contributed by atoms with Crippen LogP contribution in [0.15, 0.2) is 48.5 Å². The Balaban J connectivity index is 2.01. The summed E-state index contributed by atoms with van der Waals surface area (Å²) in [7, 11) is 0. The number of nitrogens with one attached hydrogen (secondary N) is 1. The molecule has 0 bridgehead atoms. The number of nitrogen functional groups attached to an aromatic ring is 1. The second-order valence-electron chi connectivity index (χ2n) is 4.72. The molecule has 0 saturated carbocycles. The zero-order valence-electron chi connectivity index (χ0n) is 11.3. The third-order valence-corrected chi connectivity index (χ3v) is 3.23. The van der Waals surface area contributed by atoms with E-state index in [-0.39, 0.29) is 23.1 Å². The van der Waals surface area contributed by atoms with Crippen molar-refractivity contribution in [1.29, 1.82) is 0 Å². The summed E-state index contributed by atoms with van der Waals surface area (Å²) in [5.41, 5.74) is 6.76. The fourth-order valence-corrected chi connectivity index (χ4v) is 1.98. The summed E-state index contributed by atoms with van der Waals surface area (Å²) in [4.78, 5) is 12.0. The summed E-state index contributed by atoms with van der Waals surface area (Å²) < 4.78 is 13.3. The molecule has 1 atom stereocenters.